The standard InChI is InChI=1S/C59H36N6/c1-2-17-37-32-33-55-45(34-37)44-24-9-16-31-54(44)65(55)59-57(63-50-27-12-5-20-40(50)41-21-6-13-28-51(41)63)47(36-61)46(35-60)56(62-48-25-10-3-18-38(48)39-19-4-11-26-49(39)62)58(59)64-52-29-14-7-22-42(52)43-23-8-15-30-53(43)64/h2-16,18-34H,1,17H2. The molecule has 4 aromatic heterocycles. The summed E-state index contributed by atoms with van der Waals surface area (Å²) < 4.78 is 9.18. The first-order valence-electron chi connectivity index (χ1n) is 21.8. The second-order valence-electron chi connectivity index (χ2n) is 16.7. The van der Waals surface area contributed by atoms with Gasteiger partial charge in [0.25, 0.3) is 0 Å². The highest BCUT2D eigenvalue weighted by Crippen LogP contribution is 2.49. The molecule has 0 bridgehead atoms. The molecule has 13 aromatic rings. The van der Waals surface area contributed by atoms with Gasteiger partial charge in [-0.15, -0.1) is 6.58 Å². The Kier molecular flexibility index (Phi) is 7.85. The molecule has 0 aliphatic carbocycles. The zero-order valence-corrected chi connectivity index (χ0v) is 35.1. The lowest BCUT2D eigenvalue weighted by Gasteiger charge is -2.27. The molecule has 0 aliphatic heterocycles. The molecule has 0 spiro atoms. The molecule has 6 nitrogen and oxygen atoms in total. The number of hydrogen-bond acceptors (Lipinski definition) is 2. The van der Waals surface area contributed by atoms with Gasteiger partial charge in [0.05, 0.1) is 78.0 Å². The van der Waals surface area contributed by atoms with E-state index in [9.17, 15) is 10.5 Å². The van der Waals surface area contributed by atoms with E-state index in [1.165, 1.54) is 0 Å². The molecule has 65 heavy (non-hydrogen) atoms. The van der Waals surface area contributed by atoms with Crippen molar-refractivity contribution in [2.75, 3.05) is 0 Å². The average Bonchev–Trinajstić information content (AvgIpc) is 4.08. The highest BCUT2D eigenvalue weighted by molar-refractivity contribution is 6.16. The number of para-hydroxylation sites is 7. The van der Waals surface area contributed by atoms with Crippen molar-refractivity contribution >= 4 is 87.2 Å². The normalized spacial score (nSPS) is 11.8. The largest absolute Gasteiger partial charge is 0.306 e. The minimum absolute atomic E-state index is 0.282. The Morgan fingerprint density at radius 1 is 0.338 bits per heavy atom. The molecule has 0 fully saturated rings. The van der Waals surface area contributed by atoms with Gasteiger partial charge >= 0.3 is 0 Å². The van der Waals surface area contributed by atoms with Gasteiger partial charge in [-0.25, -0.2) is 0 Å². The van der Waals surface area contributed by atoms with Gasteiger partial charge in [-0.05, 0) is 66.6 Å². The van der Waals surface area contributed by atoms with Gasteiger partial charge < -0.3 is 18.3 Å². The monoisotopic (exact) mass is 828 g/mol. The maximum absolute atomic E-state index is 12.0. The summed E-state index contributed by atoms with van der Waals surface area (Å²) in [5.74, 6) is 0. The number of fused-ring (bicyclic) bond motifs is 12. The van der Waals surface area contributed by atoms with E-state index in [4.69, 9.17) is 0 Å². The fourth-order valence-corrected chi connectivity index (χ4v) is 10.8. The van der Waals surface area contributed by atoms with Crippen molar-refractivity contribution in [3.05, 3.63) is 217 Å². The molecule has 0 saturated carbocycles. The number of allylic oxidation sites excluding steroid dienone is 1. The summed E-state index contributed by atoms with van der Waals surface area (Å²) in [6, 6.07) is 71.2. The summed E-state index contributed by atoms with van der Waals surface area (Å²) in [6.45, 7) is 4.07. The maximum Gasteiger partial charge on any atom is 0.103 e. The van der Waals surface area contributed by atoms with Crippen LogP contribution in [0.3, 0.4) is 0 Å². The van der Waals surface area contributed by atoms with Crippen LogP contribution in [0.4, 0.5) is 0 Å². The molecule has 302 valence electrons. The van der Waals surface area contributed by atoms with Crippen LogP contribution in [-0.4, -0.2) is 18.3 Å². The molecule has 4 heterocycles. The molecule has 0 radical (unpaired) electrons. The molecule has 9 aromatic carbocycles. The Morgan fingerprint density at radius 3 is 0.892 bits per heavy atom. The average molecular weight is 829 g/mol. The van der Waals surface area contributed by atoms with Crippen LogP contribution in [0.1, 0.15) is 16.7 Å². The highest BCUT2D eigenvalue weighted by atomic mass is 15.1. The zero-order valence-electron chi connectivity index (χ0n) is 35.1. The van der Waals surface area contributed by atoms with Crippen molar-refractivity contribution in [3.8, 4) is 34.9 Å². The first-order valence-corrected chi connectivity index (χ1v) is 21.8. The third-order valence-corrected chi connectivity index (χ3v) is 13.4. The van der Waals surface area contributed by atoms with E-state index in [1.54, 1.807) is 0 Å². The Labute approximate surface area is 373 Å². The van der Waals surface area contributed by atoms with Crippen LogP contribution >= 0.6 is 0 Å². The molecular weight excluding hydrogens is 793 g/mol. The fourth-order valence-electron chi connectivity index (χ4n) is 10.8. The predicted octanol–water partition coefficient (Wildman–Crippen LogP) is 14.5. The molecular formula is C59H36N6. The van der Waals surface area contributed by atoms with E-state index in [0.717, 1.165) is 111 Å². The number of benzene rings is 9. The minimum atomic E-state index is 0.282. The van der Waals surface area contributed by atoms with Gasteiger partial charge in [0.2, 0.25) is 0 Å². The quantitative estimate of drug-likeness (QED) is 0.157. The highest BCUT2D eigenvalue weighted by Gasteiger charge is 2.34. The number of hydrogen-bond donors (Lipinski definition) is 0. The Bertz CT molecular complexity index is 4110. The molecule has 0 unspecified atom stereocenters. The van der Waals surface area contributed by atoms with Crippen molar-refractivity contribution in [2.24, 2.45) is 0 Å². The summed E-state index contributed by atoms with van der Waals surface area (Å²) >= 11 is 0. The second kappa shape index (κ2) is 14.0. The number of nitrogens with zero attached hydrogens (tertiary/aromatic N) is 6. The summed E-state index contributed by atoms with van der Waals surface area (Å²) in [7, 11) is 0. The lowest BCUT2D eigenvalue weighted by molar-refractivity contribution is 1.01. The van der Waals surface area contributed by atoms with E-state index in [2.05, 4.69) is 225 Å². The smallest absolute Gasteiger partial charge is 0.103 e. The van der Waals surface area contributed by atoms with Crippen LogP contribution in [0.5, 0.6) is 0 Å². The maximum atomic E-state index is 12.0. The Morgan fingerprint density at radius 2 is 0.600 bits per heavy atom. The Balaban J connectivity index is 1.40. The third-order valence-electron chi connectivity index (χ3n) is 13.4. The predicted molar refractivity (Wildman–Crippen MR) is 267 cm³/mol. The van der Waals surface area contributed by atoms with E-state index < -0.39 is 0 Å². The van der Waals surface area contributed by atoms with Gasteiger partial charge in [0.15, 0.2) is 0 Å². The van der Waals surface area contributed by atoms with Crippen LogP contribution in [0, 0.1) is 22.7 Å². The van der Waals surface area contributed by atoms with Crippen molar-refractivity contribution in [1.29, 1.82) is 10.5 Å². The van der Waals surface area contributed by atoms with E-state index in [1.807, 2.05) is 6.08 Å². The van der Waals surface area contributed by atoms with E-state index in [0.29, 0.717) is 11.4 Å². The Hall–Kier alpha value is -9.10. The van der Waals surface area contributed by atoms with Gasteiger partial charge in [0, 0.05) is 43.1 Å². The fraction of sp³-hybridized carbons (Fsp3) is 0.0169. The van der Waals surface area contributed by atoms with Gasteiger partial charge in [0.1, 0.15) is 12.1 Å². The molecule has 0 atom stereocenters. The van der Waals surface area contributed by atoms with Crippen molar-refractivity contribution in [3.63, 3.8) is 0 Å². The van der Waals surface area contributed by atoms with Crippen LogP contribution in [-0.2, 0) is 6.42 Å². The van der Waals surface area contributed by atoms with Crippen molar-refractivity contribution in [2.45, 2.75) is 6.42 Å². The molecule has 0 N–H and O–H groups in total. The van der Waals surface area contributed by atoms with E-state index in [-0.39, 0.29) is 11.1 Å². The summed E-state index contributed by atoms with van der Waals surface area (Å²) in [5, 5.41) is 32.5. The molecule has 0 amide bonds. The first kappa shape index (κ1) is 36.5. The van der Waals surface area contributed by atoms with E-state index >= 15 is 0 Å². The zero-order chi connectivity index (χ0) is 43.3. The number of rotatable bonds is 6. The van der Waals surface area contributed by atoms with Crippen molar-refractivity contribution < 1.29 is 0 Å². The SMILES string of the molecule is C=CCc1ccc2c(c1)c1ccccc1n2-c1c(-n2c3ccccc3c3ccccc32)c(C#N)c(C#N)c(-n2c3ccccc3c3ccccc32)c1-n1c2ccccc2c2ccccc21. The third kappa shape index (κ3) is 4.97. The lowest BCUT2D eigenvalue weighted by Crippen LogP contribution is -2.17. The van der Waals surface area contributed by atoms with Crippen LogP contribution in [0.25, 0.3) is 110 Å². The minimum Gasteiger partial charge on any atom is -0.306 e. The number of nitriles is 2. The topological polar surface area (TPSA) is 67.3 Å². The molecule has 6 heteroatoms. The van der Waals surface area contributed by atoms with Crippen LogP contribution < -0.4 is 0 Å². The first-order chi connectivity index (χ1) is 32.2. The van der Waals surface area contributed by atoms with Gasteiger partial charge in [-0.3, -0.25) is 0 Å². The summed E-state index contributed by atoms with van der Waals surface area (Å²) in [5.41, 5.74) is 12.2. The summed E-state index contributed by atoms with van der Waals surface area (Å²) in [4.78, 5) is 0. The number of aromatic nitrogens is 4. The van der Waals surface area contributed by atoms with Gasteiger partial charge in [-0.2, -0.15) is 10.5 Å². The van der Waals surface area contributed by atoms with Crippen molar-refractivity contribution in [1.82, 2.24) is 18.3 Å². The van der Waals surface area contributed by atoms with Crippen LogP contribution in [0.15, 0.2) is 201 Å². The lowest BCUT2D eigenvalue weighted by atomic mass is 9.98. The summed E-state index contributed by atoms with van der Waals surface area (Å²) in [6.07, 6.45) is 2.67. The molecule has 13 rings (SSSR count). The molecule has 0 aliphatic rings. The van der Waals surface area contributed by atoms with Gasteiger partial charge in [-0.1, -0.05) is 140 Å². The molecule has 0 saturated heterocycles. The second-order valence-corrected chi connectivity index (χ2v) is 16.7. The van der Waals surface area contributed by atoms with Crippen LogP contribution in [0.2, 0.25) is 0 Å².